The van der Waals surface area contributed by atoms with Crippen molar-refractivity contribution in [1.82, 2.24) is 9.88 Å². The first kappa shape index (κ1) is 13.8. The molecule has 4 nitrogen and oxygen atoms in total. The van der Waals surface area contributed by atoms with Gasteiger partial charge < -0.3 is 10.2 Å². The van der Waals surface area contributed by atoms with Gasteiger partial charge in [0, 0.05) is 26.3 Å². The van der Waals surface area contributed by atoms with Gasteiger partial charge in [-0.15, -0.1) is 0 Å². The monoisotopic (exact) mass is 255 g/mol. The summed E-state index contributed by atoms with van der Waals surface area (Å²) in [4.78, 5) is 17.8. The lowest BCUT2D eigenvalue weighted by molar-refractivity contribution is 0.0795. The summed E-state index contributed by atoms with van der Waals surface area (Å²) in [6, 6.07) is 1.65. The molecule has 1 N–H and O–H groups in total. The summed E-state index contributed by atoms with van der Waals surface area (Å²) >= 11 is 6.04. The van der Waals surface area contributed by atoms with Crippen molar-refractivity contribution in [2.45, 2.75) is 20.3 Å². The summed E-state index contributed by atoms with van der Waals surface area (Å²) in [6.45, 7) is 5.47. The molecule has 0 bridgehead atoms. The molecule has 17 heavy (non-hydrogen) atoms. The van der Waals surface area contributed by atoms with Gasteiger partial charge in [0.15, 0.2) is 0 Å². The fourth-order valence-corrected chi connectivity index (χ4v) is 1.74. The van der Waals surface area contributed by atoms with E-state index in [1.165, 1.54) is 0 Å². The topological polar surface area (TPSA) is 45.2 Å². The minimum absolute atomic E-state index is 0.0516. The number of rotatable bonds is 5. The summed E-state index contributed by atoms with van der Waals surface area (Å²) in [5.74, 6) is 0.563. The van der Waals surface area contributed by atoms with Gasteiger partial charge in [-0.1, -0.05) is 18.5 Å². The van der Waals surface area contributed by atoms with Crippen LogP contribution in [0.2, 0.25) is 5.02 Å². The van der Waals surface area contributed by atoms with Crippen LogP contribution < -0.4 is 5.32 Å². The lowest BCUT2D eigenvalue weighted by Crippen LogP contribution is -2.27. The van der Waals surface area contributed by atoms with Crippen molar-refractivity contribution in [2.24, 2.45) is 0 Å². The summed E-state index contributed by atoms with van der Waals surface area (Å²) in [7, 11) is 1.78. The molecule has 94 valence electrons. The average Bonchev–Trinajstić information content (AvgIpc) is 2.31. The molecule has 0 radical (unpaired) electrons. The standard InChI is InChI=1S/C12H18ClN3O/c1-4-6-16(3)12(17)9-7-10(13)11(14-5-2)15-8-9/h7-8H,4-6H2,1-3H3,(H,14,15). The molecule has 1 aromatic heterocycles. The minimum atomic E-state index is -0.0516. The van der Waals surface area contributed by atoms with Crippen molar-refractivity contribution in [2.75, 3.05) is 25.5 Å². The zero-order valence-electron chi connectivity index (χ0n) is 10.5. The SMILES string of the molecule is CCCN(C)C(=O)c1cnc(NCC)c(Cl)c1. The molecule has 0 fully saturated rings. The van der Waals surface area contributed by atoms with Crippen LogP contribution in [0.3, 0.4) is 0 Å². The molecule has 0 saturated heterocycles. The van der Waals surface area contributed by atoms with Gasteiger partial charge in [0.25, 0.3) is 5.91 Å². The minimum Gasteiger partial charge on any atom is -0.369 e. The molecule has 5 heteroatoms. The van der Waals surface area contributed by atoms with Gasteiger partial charge in [0.1, 0.15) is 5.82 Å². The number of hydrogen-bond acceptors (Lipinski definition) is 3. The lowest BCUT2D eigenvalue weighted by atomic mass is 10.2. The van der Waals surface area contributed by atoms with Crippen LogP contribution in [0.1, 0.15) is 30.6 Å². The van der Waals surface area contributed by atoms with Crippen LogP contribution in [-0.4, -0.2) is 35.9 Å². The smallest absolute Gasteiger partial charge is 0.255 e. The molecule has 0 aromatic carbocycles. The van der Waals surface area contributed by atoms with Crippen LogP contribution in [0.4, 0.5) is 5.82 Å². The molecule has 0 aliphatic heterocycles. The fraction of sp³-hybridized carbons (Fsp3) is 0.500. The first-order valence-electron chi connectivity index (χ1n) is 5.75. The number of hydrogen-bond donors (Lipinski definition) is 1. The average molecular weight is 256 g/mol. The Morgan fingerprint density at radius 2 is 2.24 bits per heavy atom. The first-order chi connectivity index (χ1) is 8.10. The number of nitrogens with zero attached hydrogens (tertiary/aromatic N) is 2. The van der Waals surface area contributed by atoms with E-state index >= 15 is 0 Å². The third kappa shape index (κ3) is 3.60. The predicted molar refractivity (Wildman–Crippen MR) is 70.7 cm³/mol. The third-order valence-electron chi connectivity index (χ3n) is 2.34. The highest BCUT2D eigenvalue weighted by molar-refractivity contribution is 6.33. The van der Waals surface area contributed by atoms with Gasteiger partial charge in [0.2, 0.25) is 0 Å². The van der Waals surface area contributed by atoms with Gasteiger partial charge in [0.05, 0.1) is 10.6 Å². The van der Waals surface area contributed by atoms with Gasteiger partial charge in [-0.05, 0) is 19.4 Å². The van der Waals surface area contributed by atoms with Crippen LogP contribution in [0.5, 0.6) is 0 Å². The number of anilines is 1. The Hall–Kier alpha value is -1.29. The Morgan fingerprint density at radius 3 is 2.76 bits per heavy atom. The summed E-state index contributed by atoms with van der Waals surface area (Å²) in [5, 5.41) is 3.50. The normalized spacial score (nSPS) is 10.1. The number of halogens is 1. The number of aromatic nitrogens is 1. The van der Waals surface area contributed by atoms with Crippen LogP contribution >= 0.6 is 11.6 Å². The summed E-state index contributed by atoms with van der Waals surface area (Å²) in [6.07, 6.45) is 2.48. The van der Waals surface area contributed by atoms with E-state index in [1.54, 1.807) is 24.2 Å². The molecular formula is C12H18ClN3O. The molecule has 0 spiro atoms. The lowest BCUT2D eigenvalue weighted by Gasteiger charge is -2.16. The Balaban J connectivity index is 2.85. The van der Waals surface area contributed by atoms with E-state index in [1.807, 2.05) is 13.8 Å². The van der Waals surface area contributed by atoms with Gasteiger partial charge >= 0.3 is 0 Å². The predicted octanol–water partition coefficient (Wildman–Crippen LogP) is 2.65. The molecule has 0 saturated carbocycles. The second kappa shape index (κ2) is 6.45. The van der Waals surface area contributed by atoms with E-state index in [4.69, 9.17) is 11.6 Å². The maximum Gasteiger partial charge on any atom is 0.255 e. The Kier molecular flexibility index (Phi) is 5.22. The zero-order valence-corrected chi connectivity index (χ0v) is 11.2. The Labute approximate surface area is 107 Å². The van der Waals surface area contributed by atoms with E-state index in [2.05, 4.69) is 10.3 Å². The number of amides is 1. The van der Waals surface area contributed by atoms with Crippen molar-refractivity contribution < 1.29 is 4.79 Å². The number of carbonyl (C=O) groups excluding carboxylic acids is 1. The molecule has 1 amide bonds. The van der Waals surface area contributed by atoms with Gasteiger partial charge in [-0.2, -0.15) is 0 Å². The van der Waals surface area contributed by atoms with Gasteiger partial charge in [-0.3, -0.25) is 4.79 Å². The fourth-order valence-electron chi connectivity index (χ4n) is 1.51. The molecule has 0 aliphatic rings. The third-order valence-corrected chi connectivity index (χ3v) is 2.63. The van der Waals surface area contributed by atoms with Crippen LogP contribution in [-0.2, 0) is 0 Å². The number of nitrogens with one attached hydrogen (secondary N) is 1. The van der Waals surface area contributed by atoms with E-state index in [-0.39, 0.29) is 5.91 Å². The van der Waals surface area contributed by atoms with E-state index < -0.39 is 0 Å². The van der Waals surface area contributed by atoms with E-state index in [0.717, 1.165) is 19.5 Å². The number of carbonyl (C=O) groups is 1. The summed E-state index contributed by atoms with van der Waals surface area (Å²) in [5.41, 5.74) is 0.521. The highest BCUT2D eigenvalue weighted by Gasteiger charge is 2.13. The molecule has 1 rings (SSSR count). The highest BCUT2D eigenvalue weighted by atomic mass is 35.5. The largest absolute Gasteiger partial charge is 0.369 e. The number of pyridine rings is 1. The Bertz CT molecular complexity index is 395. The molecule has 1 aromatic rings. The highest BCUT2D eigenvalue weighted by Crippen LogP contribution is 2.20. The molecule has 0 unspecified atom stereocenters. The quantitative estimate of drug-likeness (QED) is 0.880. The van der Waals surface area contributed by atoms with E-state index in [0.29, 0.717) is 16.4 Å². The van der Waals surface area contributed by atoms with Crippen molar-refractivity contribution >= 4 is 23.3 Å². The second-order valence-corrected chi connectivity index (χ2v) is 4.22. The maximum absolute atomic E-state index is 12.0. The summed E-state index contributed by atoms with van der Waals surface area (Å²) < 4.78 is 0. The second-order valence-electron chi connectivity index (χ2n) is 3.81. The maximum atomic E-state index is 12.0. The Morgan fingerprint density at radius 1 is 1.53 bits per heavy atom. The van der Waals surface area contributed by atoms with Crippen molar-refractivity contribution in [3.63, 3.8) is 0 Å². The van der Waals surface area contributed by atoms with Crippen LogP contribution in [0, 0.1) is 0 Å². The molecule has 0 aliphatic carbocycles. The molecular weight excluding hydrogens is 238 g/mol. The van der Waals surface area contributed by atoms with Crippen LogP contribution in [0.25, 0.3) is 0 Å². The van der Waals surface area contributed by atoms with Crippen molar-refractivity contribution in [1.29, 1.82) is 0 Å². The van der Waals surface area contributed by atoms with Gasteiger partial charge in [-0.25, -0.2) is 4.98 Å². The van der Waals surface area contributed by atoms with E-state index in [9.17, 15) is 4.79 Å². The van der Waals surface area contributed by atoms with Crippen molar-refractivity contribution in [3.8, 4) is 0 Å². The molecule has 1 heterocycles. The first-order valence-corrected chi connectivity index (χ1v) is 6.12. The molecule has 0 atom stereocenters. The zero-order chi connectivity index (χ0) is 12.8. The van der Waals surface area contributed by atoms with Crippen molar-refractivity contribution in [3.05, 3.63) is 22.8 Å². The van der Waals surface area contributed by atoms with Crippen LogP contribution in [0.15, 0.2) is 12.3 Å².